The first-order valence-electron chi connectivity index (χ1n) is 10.2. The Morgan fingerprint density at radius 1 is 1.07 bits per heavy atom. The van der Waals surface area contributed by atoms with Gasteiger partial charge in [-0.15, -0.1) is 0 Å². The second-order valence-corrected chi connectivity index (χ2v) is 9.86. The molecule has 1 aromatic rings. The van der Waals surface area contributed by atoms with Crippen molar-refractivity contribution in [3.8, 4) is 0 Å². The number of carbonyl (C=O) groups is 2. The Labute approximate surface area is 179 Å². The van der Waals surface area contributed by atoms with Crippen LogP contribution in [0, 0.1) is 5.92 Å². The van der Waals surface area contributed by atoms with Crippen molar-refractivity contribution in [3.63, 3.8) is 0 Å². The summed E-state index contributed by atoms with van der Waals surface area (Å²) in [7, 11) is -1.94. The fourth-order valence-electron chi connectivity index (χ4n) is 3.31. The molecule has 2 atom stereocenters. The Morgan fingerprint density at radius 3 is 2.20 bits per heavy atom. The van der Waals surface area contributed by atoms with Crippen molar-refractivity contribution in [3.05, 3.63) is 35.9 Å². The van der Waals surface area contributed by atoms with E-state index in [4.69, 9.17) is 5.73 Å². The zero-order chi connectivity index (χ0) is 22.3. The van der Waals surface area contributed by atoms with Crippen molar-refractivity contribution in [2.75, 3.05) is 33.2 Å². The summed E-state index contributed by atoms with van der Waals surface area (Å²) >= 11 is 0. The minimum atomic E-state index is -3.87. The minimum Gasteiger partial charge on any atom is -0.368 e. The van der Waals surface area contributed by atoms with E-state index in [1.807, 2.05) is 56.1 Å². The Balaban J connectivity index is 2.19. The molecule has 0 aliphatic carbocycles. The van der Waals surface area contributed by atoms with Gasteiger partial charge in [0.05, 0.1) is 0 Å². The topological polar surface area (TPSA) is 125 Å². The number of nitrogens with zero attached hydrogens (tertiary/aromatic N) is 2. The van der Waals surface area contributed by atoms with Crippen LogP contribution in [0.15, 0.2) is 30.3 Å². The number of piperazine rings is 1. The SMILES string of the molecule is CC(C)C[C@H](NC(=O)[C@H](Cc1ccccc1)NS(=O)(=O)N1CCN(C)CC1)C(N)=O. The fraction of sp³-hybridized carbons (Fsp3) is 0.600. The second-order valence-electron chi connectivity index (χ2n) is 8.16. The lowest BCUT2D eigenvalue weighted by molar-refractivity contribution is -0.128. The molecule has 0 radical (unpaired) electrons. The molecule has 30 heavy (non-hydrogen) atoms. The lowest BCUT2D eigenvalue weighted by Gasteiger charge is -2.32. The van der Waals surface area contributed by atoms with Crippen molar-refractivity contribution in [2.24, 2.45) is 11.7 Å². The molecule has 2 amide bonds. The molecule has 1 fully saturated rings. The molecule has 0 unspecified atom stereocenters. The number of nitrogens with one attached hydrogen (secondary N) is 2. The number of nitrogens with two attached hydrogens (primary N) is 1. The van der Waals surface area contributed by atoms with E-state index in [9.17, 15) is 18.0 Å². The van der Waals surface area contributed by atoms with Crippen LogP contribution in [0.4, 0.5) is 0 Å². The summed E-state index contributed by atoms with van der Waals surface area (Å²) in [4.78, 5) is 26.8. The number of benzene rings is 1. The lowest BCUT2D eigenvalue weighted by Crippen LogP contribution is -2.58. The molecular formula is C20H33N5O4S. The number of amides is 2. The Morgan fingerprint density at radius 2 is 1.67 bits per heavy atom. The lowest BCUT2D eigenvalue weighted by atomic mass is 10.0. The van der Waals surface area contributed by atoms with Crippen LogP contribution in [0.25, 0.3) is 0 Å². The van der Waals surface area contributed by atoms with E-state index in [2.05, 4.69) is 10.0 Å². The highest BCUT2D eigenvalue weighted by Crippen LogP contribution is 2.10. The van der Waals surface area contributed by atoms with E-state index in [1.54, 1.807) is 0 Å². The van der Waals surface area contributed by atoms with E-state index in [0.717, 1.165) is 5.56 Å². The van der Waals surface area contributed by atoms with Gasteiger partial charge < -0.3 is 16.0 Å². The molecule has 0 aromatic heterocycles. The van der Waals surface area contributed by atoms with Crippen LogP contribution in [0.3, 0.4) is 0 Å². The van der Waals surface area contributed by atoms with Gasteiger partial charge in [0.25, 0.3) is 10.2 Å². The summed E-state index contributed by atoms with van der Waals surface area (Å²) in [5.41, 5.74) is 6.24. The maximum absolute atomic E-state index is 13.0. The van der Waals surface area contributed by atoms with E-state index in [0.29, 0.717) is 32.6 Å². The number of likely N-dealkylation sites (N-methyl/N-ethyl adjacent to an activating group) is 1. The zero-order valence-electron chi connectivity index (χ0n) is 17.9. The number of carbonyl (C=O) groups excluding carboxylic acids is 2. The van der Waals surface area contributed by atoms with E-state index >= 15 is 0 Å². The summed E-state index contributed by atoms with van der Waals surface area (Å²) < 4.78 is 29.7. The molecule has 0 bridgehead atoms. The van der Waals surface area contributed by atoms with Gasteiger partial charge in [-0.25, -0.2) is 0 Å². The van der Waals surface area contributed by atoms with E-state index in [1.165, 1.54) is 4.31 Å². The summed E-state index contributed by atoms with van der Waals surface area (Å²) in [5, 5.41) is 2.63. The minimum absolute atomic E-state index is 0.136. The predicted octanol–water partition coefficient (Wildman–Crippen LogP) is -0.304. The van der Waals surface area contributed by atoms with Crippen LogP contribution in [-0.2, 0) is 26.2 Å². The monoisotopic (exact) mass is 439 g/mol. The molecule has 9 nitrogen and oxygen atoms in total. The molecule has 168 valence electrons. The third kappa shape index (κ3) is 7.35. The number of hydrogen-bond acceptors (Lipinski definition) is 5. The molecule has 1 aliphatic heterocycles. The van der Waals surface area contributed by atoms with Gasteiger partial charge in [-0.3, -0.25) is 9.59 Å². The molecule has 2 rings (SSSR count). The van der Waals surface area contributed by atoms with Gasteiger partial charge in [0.2, 0.25) is 11.8 Å². The molecular weight excluding hydrogens is 406 g/mol. The summed E-state index contributed by atoms with van der Waals surface area (Å²) in [5.74, 6) is -1.07. The number of hydrogen-bond donors (Lipinski definition) is 3. The van der Waals surface area contributed by atoms with Gasteiger partial charge in [-0.05, 0) is 31.4 Å². The van der Waals surface area contributed by atoms with Gasteiger partial charge in [0.15, 0.2) is 0 Å². The average Bonchev–Trinajstić information content (AvgIpc) is 2.67. The van der Waals surface area contributed by atoms with Crippen LogP contribution in [-0.4, -0.2) is 74.7 Å². The van der Waals surface area contributed by atoms with E-state index in [-0.39, 0.29) is 12.3 Å². The number of rotatable bonds is 10. The predicted molar refractivity (Wildman–Crippen MR) is 116 cm³/mol. The highest BCUT2D eigenvalue weighted by molar-refractivity contribution is 7.87. The van der Waals surface area contributed by atoms with Gasteiger partial charge >= 0.3 is 0 Å². The second kappa shape index (κ2) is 10.9. The van der Waals surface area contributed by atoms with Crippen LogP contribution >= 0.6 is 0 Å². The van der Waals surface area contributed by atoms with Gasteiger partial charge in [-0.1, -0.05) is 44.2 Å². The summed E-state index contributed by atoms with van der Waals surface area (Å²) in [6.45, 7) is 5.77. The third-order valence-corrected chi connectivity index (χ3v) is 6.69. The highest BCUT2D eigenvalue weighted by Gasteiger charge is 2.32. The first-order chi connectivity index (χ1) is 14.1. The maximum Gasteiger partial charge on any atom is 0.280 e. The zero-order valence-corrected chi connectivity index (χ0v) is 18.7. The van der Waals surface area contributed by atoms with Crippen LogP contribution in [0.1, 0.15) is 25.8 Å². The van der Waals surface area contributed by atoms with Crippen molar-refractivity contribution in [1.82, 2.24) is 19.2 Å². The van der Waals surface area contributed by atoms with Crippen molar-refractivity contribution < 1.29 is 18.0 Å². The van der Waals surface area contributed by atoms with Crippen molar-refractivity contribution in [2.45, 2.75) is 38.8 Å². The molecule has 0 spiro atoms. The maximum atomic E-state index is 13.0. The van der Waals surface area contributed by atoms with Crippen LogP contribution in [0.5, 0.6) is 0 Å². The van der Waals surface area contributed by atoms with Crippen LogP contribution < -0.4 is 15.8 Å². The van der Waals surface area contributed by atoms with E-state index < -0.39 is 34.1 Å². The number of primary amides is 1. The normalized spacial score (nSPS) is 18.1. The summed E-state index contributed by atoms with van der Waals surface area (Å²) in [6.07, 6.45) is 0.539. The summed E-state index contributed by atoms with van der Waals surface area (Å²) in [6, 6.07) is 7.22. The molecule has 4 N–H and O–H groups in total. The Kier molecular flexibility index (Phi) is 8.78. The standard InChI is InChI=1S/C20H33N5O4S/c1-15(2)13-17(19(21)26)22-20(27)18(14-16-7-5-4-6-8-16)23-30(28,29)25-11-9-24(3)10-12-25/h4-8,15,17-18,23H,9-14H2,1-3H3,(H2,21,26)(H,22,27)/t17-,18-/m0/s1. The molecule has 1 aromatic carbocycles. The Bertz CT molecular complexity index is 808. The quantitative estimate of drug-likeness (QED) is 0.461. The molecule has 10 heteroatoms. The molecule has 0 saturated carbocycles. The Hall–Kier alpha value is -2.01. The molecule has 1 saturated heterocycles. The highest BCUT2D eigenvalue weighted by atomic mass is 32.2. The van der Waals surface area contributed by atoms with Gasteiger partial charge in [0, 0.05) is 26.2 Å². The molecule has 1 aliphatic rings. The largest absolute Gasteiger partial charge is 0.368 e. The third-order valence-electron chi connectivity index (χ3n) is 5.06. The molecule has 1 heterocycles. The first-order valence-corrected chi connectivity index (χ1v) is 11.6. The van der Waals surface area contributed by atoms with Crippen molar-refractivity contribution >= 4 is 22.0 Å². The average molecular weight is 440 g/mol. The van der Waals surface area contributed by atoms with Crippen LogP contribution in [0.2, 0.25) is 0 Å². The first kappa shape index (κ1) is 24.3. The van der Waals surface area contributed by atoms with Crippen molar-refractivity contribution in [1.29, 1.82) is 0 Å². The van der Waals surface area contributed by atoms with Gasteiger partial charge in [0.1, 0.15) is 12.1 Å². The van der Waals surface area contributed by atoms with Gasteiger partial charge in [-0.2, -0.15) is 17.4 Å². The fourth-order valence-corrected chi connectivity index (χ4v) is 4.65. The smallest absolute Gasteiger partial charge is 0.280 e.